The summed E-state index contributed by atoms with van der Waals surface area (Å²) in [6, 6.07) is 83.7. The molecule has 0 aliphatic rings. The van der Waals surface area contributed by atoms with Crippen LogP contribution >= 0.6 is 0 Å². The normalized spacial score (nSPS) is 11.4. The van der Waals surface area contributed by atoms with E-state index >= 15 is 0 Å². The van der Waals surface area contributed by atoms with E-state index in [1.54, 1.807) is 0 Å². The molecule has 0 unspecified atom stereocenters. The van der Waals surface area contributed by atoms with Gasteiger partial charge in [0, 0.05) is 33.3 Å². The Morgan fingerprint density at radius 1 is 0.310 bits per heavy atom. The van der Waals surface area contributed by atoms with Crippen molar-refractivity contribution in [2.45, 2.75) is 0 Å². The van der Waals surface area contributed by atoms with Crippen molar-refractivity contribution >= 4 is 60.4 Å². The third-order valence-electron chi connectivity index (χ3n) is 11.6. The Kier molecular flexibility index (Phi) is 8.19. The number of aromatic nitrogens is 1. The van der Waals surface area contributed by atoms with Crippen LogP contribution in [-0.2, 0) is 0 Å². The SMILES string of the molecule is c1ccc(-c2cccc(N(c3ccc(-c4ccc5ccccc5c4)cc3)c3ccccc3-c3ccccc3-n3c4ccccc4c4c5ccccc5ccc43)c2)cc1. The number of rotatable bonds is 7. The van der Waals surface area contributed by atoms with E-state index in [1.807, 2.05) is 0 Å². The van der Waals surface area contributed by atoms with Gasteiger partial charge in [-0.3, -0.25) is 0 Å². The average Bonchev–Trinajstić information content (AvgIpc) is 3.64. The molecule has 0 saturated carbocycles. The highest BCUT2D eigenvalue weighted by Gasteiger charge is 2.22. The Hall–Kier alpha value is -7.68. The maximum Gasteiger partial charge on any atom is 0.0547 e. The Balaban J connectivity index is 1.11. The second kappa shape index (κ2) is 14.1. The van der Waals surface area contributed by atoms with Crippen molar-refractivity contribution in [3.63, 3.8) is 0 Å². The maximum absolute atomic E-state index is 2.46. The second-order valence-electron chi connectivity index (χ2n) is 14.9. The summed E-state index contributed by atoms with van der Waals surface area (Å²) in [7, 11) is 0. The minimum atomic E-state index is 1.09. The summed E-state index contributed by atoms with van der Waals surface area (Å²) in [5.41, 5.74) is 13.9. The maximum atomic E-state index is 2.46. The summed E-state index contributed by atoms with van der Waals surface area (Å²) in [6.45, 7) is 0. The lowest BCUT2D eigenvalue weighted by Crippen LogP contribution is -2.11. The van der Waals surface area contributed by atoms with Crippen molar-refractivity contribution in [2.75, 3.05) is 4.90 Å². The van der Waals surface area contributed by atoms with Crippen molar-refractivity contribution in [3.05, 3.63) is 231 Å². The van der Waals surface area contributed by atoms with Crippen molar-refractivity contribution in [1.82, 2.24) is 4.57 Å². The molecule has 0 aliphatic carbocycles. The van der Waals surface area contributed by atoms with Gasteiger partial charge in [-0.1, -0.05) is 176 Å². The Labute approximate surface area is 338 Å². The zero-order valence-electron chi connectivity index (χ0n) is 31.8. The fourth-order valence-corrected chi connectivity index (χ4v) is 8.85. The molecule has 0 spiro atoms. The highest BCUT2D eigenvalue weighted by atomic mass is 15.1. The van der Waals surface area contributed by atoms with E-state index in [4.69, 9.17) is 0 Å². The van der Waals surface area contributed by atoms with E-state index in [2.05, 4.69) is 240 Å². The Morgan fingerprint density at radius 2 is 0.914 bits per heavy atom. The zero-order valence-corrected chi connectivity index (χ0v) is 31.8. The van der Waals surface area contributed by atoms with Crippen molar-refractivity contribution in [2.24, 2.45) is 0 Å². The molecule has 0 bridgehead atoms. The molecule has 0 fully saturated rings. The van der Waals surface area contributed by atoms with Gasteiger partial charge in [-0.25, -0.2) is 0 Å². The van der Waals surface area contributed by atoms with Gasteiger partial charge in [0.25, 0.3) is 0 Å². The summed E-state index contributed by atoms with van der Waals surface area (Å²) in [5.74, 6) is 0. The fraction of sp³-hybridized carbons (Fsp3) is 0. The molecule has 0 radical (unpaired) electrons. The van der Waals surface area contributed by atoms with Gasteiger partial charge in [0.05, 0.1) is 22.4 Å². The van der Waals surface area contributed by atoms with E-state index < -0.39 is 0 Å². The first kappa shape index (κ1) is 33.6. The largest absolute Gasteiger partial charge is 0.310 e. The van der Waals surface area contributed by atoms with Gasteiger partial charge in [-0.15, -0.1) is 0 Å². The number of fused-ring (bicyclic) bond motifs is 6. The van der Waals surface area contributed by atoms with Crippen LogP contribution in [-0.4, -0.2) is 4.57 Å². The zero-order chi connectivity index (χ0) is 38.4. The number of benzene rings is 10. The molecule has 0 saturated heterocycles. The molecule has 1 aromatic heterocycles. The Morgan fingerprint density at radius 3 is 1.78 bits per heavy atom. The third kappa shape index (κ3) is 5.74. The minimum Gasteiger partial charge on any atom is -0.310 e. The standard InChI is InChI=1S/C56H38N2/c1-2-15-39(16-3-1)44-20-14-21-47(38-44)57(46-34-31-41(32-35-46)45-30-29-40-17-4-5-19-43(40)37-45)52-26-11-8-23-49(52)50-24-9-12-27-53(50)58-54-28-13-10-25-51(54)56-48-22-7-6-18-42(48)33-36-55(56)58/h1-38H. The van der Waals surface area contributed by atoms with Gasteiger partial charge < -0.3 is 9.47 Å². The van der Waals surface area contributed by atoms with Crippen molar-refractivity contribution in [1.29, 1.82) is 0 Å². The van der Waals surface area contributed by atoms with Crippen LogP contribution in [0.15, 0.2) is 231 Å². The van der Waals surface area contributed by atoms with Gasteiger partial charge in [0.15, 0.2) is 0 Å². The predicted octanol–water partition coefficient (Wildman–Crippen LogP) is 15.6. The van der Waals surface area contributed by atoms with E-state index in [1.165, 1.54) is 65.6 Å². The molecule has 1 heterocycles. The molecule has 0 atom stereocenters. The minimum absolute atomic E-state index is 1.09. The van der Waals surface area contributed by atoms with E-state index in [-0.39, 0.29) is 0 Å². The number of hydrogen-bond acceptors (Lipinski definition) is 1. The molecule has 11 rings (SSSR count). The predicted molar refractivity (Wildman–Crippen MR) is 247 cm³/mol. The molecule has 10 aromatic carbocycles. The molecular formula is C56H38N2. The number of anilines is 3. The van der Waals surface area contributed by atoms with Crippen LogP contribution in [0.5, 0.6) is 0 Å². The van der Waals surface area contributed by atoms with Crippen LogP contribution in [0.4, 0.5) is 17.1 Å². The second-order valence-corrected chi connectivity index (χ2v) is 14.9. The average molecular weight is 739 g/mol. The lowest BCUT2D eigenvalue weighted by molar-refractivity contribution is 1.18. The number of hydrogen-bond donors (Lipinski definition) is 0. The molecule has 11 aromatic rings. The highest BCUT2D eigenvalue weighted by Crippen LogP contribution is 2.45. The van der Waals surface area contributed by atoms with E-state index in [0.717, 1.165) is 33.9 Å². The number of para-hydroxylation sites is 3. The van der Waals surface area contributed by atoms with E-state index in [9.17, 15) is 0 Å². The van der Waals surface area contributed by atoms with E-state index in [0.29, 0.717) is 0 Å². The topological polar surface area (TPSA) is 8.17 Å². The summed E-state index contributed by atoms with van der Waals surface area (Å²) in [4.78, 5) is 2.42. The highest BCUT2D eigenvalue weighted by molar-refractivity contribution is 6.21. The van der Waals surface area contributed by atoms with Crippen LogP contribution in [0.3, 0.4) is 0 Å². The van der Waals surface area contributed by atoms with Gasteiger partial charge in [-0.2, -0.15) is 0 Å². The van der Waals surface area contributed by atoms with Crippen LogP contribution < -0.4 is 4.90 Å². The van der Waals surface area contributed by atoms with Gasteiger partial charge in [0.1, 0.15) is 0 Å². The van der Waals surface area contributed by atoms with Crippen molar-refractivity contribution < 1.29 is 0 Å². The lowest BCUT2D eigenvalue weighted by Gasteiger charge is -2.29. The molecule has 2 nitrogen and oxygen atoms in total. The first-order chi connectivity index (χ1) is 28.8. The first-order valence-electron chi connectivity index (χ1n) is 19.9. The lowest BCUT2D eigenvalue weighted by atomic mass is 9.98. The molecule has 2 heteroatoms. The summed E-state index contributed by atoms with van der Waals surface area (Å²) < 4.78 is 2.46. The van der Waals surface area contributed by atoms with Crippen molar-refractivity contribution in [3.8, 4) is 39.1 Å². The van der Waals surface area contributed by atoms with Crippen LogP contribution in [0, 0.1) is 0 Å². The van der Waals surface area contributed by atoms with Gasteiger partial charge in [-0.05, 0) is 98.4 Å². The smallest absolute Gasteiger partial charge is 0.0547 e. The molecular weight excluding hydrogens is 701 g/mol. The summed E-state index contributed by atoms with van der Waals surface area (Å²) >= 11 is 0. The summed E-state index contributed by atoms with van der Waals surface area (Å²) in [5, 5.41) is 7.54. The quantitative estimate of drug-likeness (QED) is 0.158. The molecule has 58 heavy (non-hydrogen) atoms. The van der Waals surface area contributed by atoms with Crippen LogP contribution in [0.1, 0.15) is 0 Å². The molecule has 0 N–H and O–H groups in total. The molecule has 0 amide bonds. The summed E-state index contributed by atoms with van der Waals surface area (Å²) in [6.07, 6.45) is 0. The third-order valence-corrected chi connectivity index (χ3v) is 11.6. The van der Waals surface area contributed by atoms with Gasteiger partial charge in [0.2, 0.25) is 0 Å². The fourth-order valence-electron chi connectivity index (χ4n) is 8.85. The molecule has 0 aliphatic heterocycles. The molecule has 272 valence electrons. The first-order valence-corrected chi connectivity index (χ1v) is 19.9. The Bertz CT molecular complexity index is 3280. The van der Waals surface area contributed by atoms with Crippen LogP contribution in [0.2, 0.25) is 0 Å². The monoisotopic (exact) mass is 738 g/mol. The number of nitrogens with zero attached hydrogens (tertiary/aromatic N) is 2. The van der Waals surface area contributed by atoms with Crippen LogP contribution in [0.25, 0.3) is 82.4 Å². The van der Waals surface area contributed by atoms with Gasteiger partial charge >= 0.3 is 0 Å².